The minimum absolute atomic E-state index is 0.0908. The number of aryl methyl sites for hydroxylation is 2. The first-order chi connectivity index (χ1) is 7.66. The molecule has 0 N–H and O–H groups in total. The standard InChI is InChI=1S/C13H16O3/c1-9-3-4-10(2)11(7-9)12(14)8-13-15-5-6-16-13/h3-4,7,13H,5-6,8H2,1-2H3. The van der Waals surface area contributed by atoms with Gasteiger partial charge in [-0.25, -0.2) is 0 Å². The lowest BCUT2D eigenvalue weighted by Crippen LogP contribution is -2.15. The lowest BCUT2D eigenvalue weighted by Gasteiger charge is -2.10. The monoisotopic (exact) mass is 220 g/mol. The van der Waals surface area contributed by atoms with Crippen molar-refractivity contribution in [2.75, 3.05) is 13.2 Å². The highest BCUT2D eigenvalue weighted by molar-refractivity contribution is 5.97. The highest BCUT2D eigenvalue weighted by Crippen LogP contribution is 2.16. The maximum absolute atomic E-state index is 12.0. The van der Waals surface area contributed by atoms with Crippen LogP contribution < -0.4 is 0 Å². The first-order valence-electron chi connectivity index (χ1n) is 5.50. The second kappa shape index (κ2) is 4.76. The topological polar surface area (TPSA) is 35.5 Å². The summed E-state index contributed by atoms with van der Waals surface area (Å²) in [6.07, 6.45) is -0.0444. The van der Waals surface area contributed by atoms with Gasteiger partial charge in [-0.2, -0.15) is 0 Å². The molecule has 0 bridgehead atoms. The molecule has 0 aromatic heterocycles. The van der Waals surface area contributed by atoms with E-state index in [1.54, 1.807) is 0 Å². The Kier molecular flexibility index (Phi) is 3.36. The second-order valence-corrected chi connectivity index (χ2v) is 4.12. The summed E-state index contributed by atoms with van der Waals surface area (Å²) in [5.74, 6) is 0.0908. The van der Waals surface area contributed by atoms with E-state index < -0.39 is 0 Å². The zero-order valence-electron chi connectivity index (χ0n) is 9.66. The highest BCUT2D eigenvalue weighted by atomic mass is 16.7. The van der Waals surface area contributed by atoms with Gasteiger partial charge in [-0.05, 0) is 25.5 Å². The molecule has 0 aliphatic carbocycles. The highest BCUT2D eigenvalue weighted by Gasteiger charge is 2.21. The summed E-state index contributed by atoms with van der Waals surface area (Å²) in [5, 5.41) is 0. The molecule has 1 aliphatic rings. The number of ketones is 1. The fraction of sp³-hybridized carbons (Fsp3) is 0.462. The van der Waals surface area contributed by atoms with Crippen LogP contribution in [0.15, 0.2) is 18.2 Å². The maximum Gasteiger partial charge on any atom is 0.168 e. The molecule has 3 nitrogen and oxygen atoms in total. The summed E-state index contributed by atoms with van der Waals surface area (Å²) in [6, 6.07) is 5.90. The van der Waals surface area contributed by atoms with Crippen molar-refractivity contribution in [1.29, 1.82) is 0 Å². The summed E-state index contributed by atoms with van der Waals surface area (Å²) in [6.45, 7) is 5.11. The second-order valence-electron chi connectivity index (χ2n) is 4.12. The largest absolute Gasteiger partial charge is 0.350 e. The van der Waals surface area contributed by atoms with E-state index in [0.29, 0.717) is 19.6 Å². The summed E-state index contributed by atoms with van der Waals surface area (Å²) in [4.78, 5) is 12.0. The van der Waals surface area contributed by atoms with Gasteiger partial charge < -0.3 is 9.47 Å². The Morgan fingerprint density at radius 1 is 1.31 bits per heavy atom. The summed E-state index contributed by atoms with van der Waals surface area (Å²) in [5.41, 5.74) is 2.88. The fourth-order valence-corrected chi connectivity index (χ4v) is 1.82. The maximum atomic E-state index is 12.0. The molecule has 1 saturated heterocycles. The van der Waals surface area contributed by atoms with Crippen molar-refractivity contribution in [2.24, 2.45) is 0 Å². The molecule has 1 fully saturated rings. The number of carbonyl (C=O) groups is 1. The third-order valence-electron chi connectivity index (χ3n) is 2.74. The molecule has 3 heteroatoms. The average molecular weight is 220 g/mol. The van der Waals surface area contributed by atoms with Crippen molar-refractivity contribution in [3.05, 3.63) is 34.9 Å². The first-order valence-corrected chi connectivity index (χ1v) is 5.50. The van der Waals surface area contributed by atoms with Crippen molar-refractivity contribution in [3.8, 4) is 0 Å². The molecule has 16 heavy (non-hydrogen) atoms. The Hall–Kier alpha value is -1.19. The van der Waals surface area contributed by atoms with Crippen LogP contribution in [-0.4, -0.2) is 25.3 Å². The number of rotatable bonds is 3. The molecule has 86 valence electrons. The molecule has 0 unspecified atom stereocenters. The van der Waals surface area contributed by atoms with Crippen LogP contribution in [0.4, 0.5) is 0 Å². The van der Waals surface area contributed by atoms with Gasteiger partial charge >= 0.3 is 0 Å². The Morgan fingerprint density at radius 3 is 2.69 bits per heavy atom. The van der Waals surface area contributed by atoms with Gasteiger partial charge in [-0.15, -0.1) is 0 Å². The van der Waals surface area contributed by atoms with Crippen molar-refractivity contribution >= 4 is 5.78 Å². The minimum atomic E-state index is -0.354. The number of benzene rings is 1. The van der Waals surface area contributed by atoms with Gasteiger partial charge in [-0.3, -0.25) is 4.79 Å². The first kappa shape index (κ1) is 11.3. The van der Waals surface area contributed by atoms with E-state index in [4.69, 9.17) is 9.47 Å². The third kappa shape index (κ3) is 2.49. The van der Waals surface area contributed by atoms with Crippen LogP contribution in [0.25, 0.3) is 0 Å². The Balaban J connectivity index is 2.10. The van der Waals surface area contributed by atoms with E-state index in [2.05, 4.69) is 0 Å². The van der Waals surface area contributed by atoms with Crippen LogP contribution in [0.2, 0.25) is 0 Å². The van der Waals surface area contributed by atoms with E-state index in [0.717, 1.165) is 16.7 Å². The van der Waals surface area contributed by atoms with Crippen LogP contribution in [0.5, 0.6) is 0 Å². The molecule has 1 aromatic rings. The lowest BCUT2D eigenvalue weighted by molar-refractivity contribution is -0.0407. The number of ether oxygens (including phenoxy) is 2. The fourth-order valence-electron chi connectivity index (χ4n) is 1.82. The normalized spacial score (nSPS) is 16.6. The van der Waals surface area contributed by atoms with Crippen LogP contribution in [0.1, 0.15) is 27.9 Å². The third-order valence-corrected chi connectivity index (χ3v) is 2.74. The molecule has 0 radical (unpaired) electrons. The van der Waals surface area contributed by atoms with E-state index in [9.17, 15) is 4.79 Å². The van der Waals surface area contributed by atoms with Crippen molar-refractivity contribution in [2.45, 2.75) is 26.6 Å². The zero-order valence-corrected chi connectivity index (χ0v) is 9.66. The van der Waals surface area contributed by atoms with E-state index >= 15 is 0 Å². The van der Waals surface area contributed by atoms with E-state index in [-0.39, 0.29) is 12.1 Å². The minimum Gasteiger partial charge on any atom is -0.350 e. The van der Waals surface area contributed by atoms with Crippen LogP contribution in [0.3, 0.4) is 0 Å². The quantitative estimate of drug-likeness (QED) is 0.733. The number of carbonyl (C=O) groups excluding carboxylic acids is 1. The predicted octanol–water partition coefficient (Wildman–Crippen LogP) is 2.25. The SMILES string of the molecule is Cc1ccc(C)c(C(=O)CC2OCCO2)c1. The van der Waals surface area contributed by atoms with Crippen LogP contribution in [0, 0.1) is 13.8 Å². The summed E-state index contributed by atoms with van der Waals surface area (Å²) < 4.78 is 10.5. The predicted molar refractivity (Wildman–Crippen MR) is 60.6 cm³/mol. The molecule has 1 heterocycles. The number of hydrogen-bond donors (Lipinski definition) is 0. The summed E-state index contributed by atoms with van der Waals surface area (Å²) in [7, 11) is 0. The molecule has 2 rings (SSSR count). The molecule has 1 aliphatic heterocycles. The Bertz CT molecular complexity index is 392. The lowest BCUT2D eigenvalue weighted by atomic mass is 10.0. The number of hydrogen-bond acceptors (Lipinski definition) is 3. The molecule has 0 saturated carbocycles. The smallest absolute Gasteiger partial charge is 0.168 e. The molecular weight excluding hydrogens is 204 g/mol. The van der Waals surface area contributed by atoms with Gasteiger partial charge in [0, 0.05) is 5.56 Å². The van der Waals surface area contributed by atoms with Gasteiger partial charge in [0.15, 0.2) is 12.1 Å². The van der Waals surface area contributed by atoms with Gasteiger partial charge in [0.2, 0.25) is 0 Å². The Labute approximate surface area is 95.4 Å². The zero-order chi connectivity index (χ0) is 11.5. The molecule has 1 aromatic carbocycles. The number of Topliss-reactive ketones (excluding diaryl/α,β-unsaturated/α-hetero) is 1. The van der Waals surface area contributed by atoms with Gasteiger partial charge in [0.05, 0.1) is 19.6 Å². The molecular formula is C13H16O3. The van der Waals surface area contributed by atoms with Crippen molar-refractivity contribution < 1.29 is 14.3 Å². The average Bonchev–Trinajstić information content (AvgIpc) is 2.74. The van der Waals surface area contributed by atoms with Gasteiger partial charge in [0.25, 0.3) is 0 Å². The molecule has 0 amide bonds. The van der Waals surface area contributed by atoms with E-state index in [1.165, 1.54) is 0 Å². The van der Waals surface area contributed by atoms with Gasteiger partial charge in [-0.1, -0.05) is 17.7 Å². The Morgan fingerprint density at radius 2 is 2.00 bits per heavy atom. The van der Waals surface area contributed by atoms with Crippen LogP contribution in [-0.2, 0) is 9.47 Å². The van der Waals surface area contributed by atoms with Crippen molar-refractivity contribution in [3.63, 3.8) is 0 Å². The van der Waals surface area contributed by atoms with E-state index in [1.807, 2.05) is 32.0 Å². The van der Waals surface area contributed by atoms with Gasteiger partial charge in [0.1, 0.15) is 0 Å². The summed E-state index contributed by atoms with van der Waals surface area (Å²) >= 11 is 0. The molecule has 0 spiro atoms. The molecule has 0 atom stereocenters. The van der Waals surface area contributed by atoms with Crippen LogP contribution >= 0.6 is 0 Å². The van der Waals surface area contributed by atoms with Crippen molar-refractivity contribution in [1.82, 2.24) is 0 Å².